The number of thiazole rings is 1. The first-order chi connectivity index (χ1) is 11.1. The summed E-state index contributed by atoms with van der Waals surface area (Å²) in [6, 6.07) is 14.2. The molecule has 0 aliphatic carbocycles. The molecule has 3 aromatic rings. The monoisotopic (exact) mass is 363 g/mol. The van der Waals surface area contributed by atoms with E-state index in [1.165, 1.54) is 23.5 Å². The van der Waals surface area contributed by atoms with Crippen LogP contribution in [-0.2, 0) is 0 Å². The van der Waals surface area contributed by atoms with Crippen LogP contribution in [0.25, 0.3) is 11.3 Å². The van der Waals surface area contributed by atoms with Crippen molar-refractivity contribution in [2.24, 2.45) is 0 Å². The molecule has 3 rings (SSSR count). The molecule has 0 aliphatic heterocycles. The molecule has 23 heavy (non-hydrogen) atoms. The van der Waals surface area contributed by atoms with Gasteiger partial charge in [-0.3, -0.25) is 0 Å². The average Bonchev–Trinajstić information content (AvgIpc) is 3.00. The highest BCUT2D eigenvalue weighted by Crippen LogP contribution is 2.25. The zero-order valence-corrected chi connectivity index (χ0v) is 14.1. The number of rotatable bonds is 3. The van der Waals surface area contributed by atoms with Crippen molar-refractivity contribution in [2.75, 3.05) is 10.6 Å². The Balaban J connectivity index is 1.66. The van der Waals surface area contributed by atoms with Crippen LogP contribution in [0.3, 0.4) is 0 Å². The number of aromatic nitrogens is 1. The largest absolute Gasteiger partial charge is 0.332 e. The summed E-state index contributed by atoms with van der Waals surface area (Å²) in [6.45, 7) is 0. The van der Waals surface area contributed by atoms with Gasteiger partial charge >= 0.3 is 0 Å². The van der Waals surface area contributed by atoms with E-state index in [0.717, 1.165) is 11.3 Å². The number of hydrogen-bond donors (Lipinski definition) is 2. The Hall–Kier alpha value is -2.02. The summed E-state index contributed by atoms with van der Waals surface area (Å²) in [6.07, 6.45) is 0. The summed E-state index contributed by atoms with van der Waals surface area (Å²) in [5.41, 5.74) is 2.53. The van der Waals surface area contributed by atoms with Crippen LogP contribution in [0.5, 0.6) is 0 Å². The van der Waals surface area contributed by atoms with Gasteiger partial charge in [-0.25, -0.2) is 9.37 Å². The molecule has 116 valence electrons. The van der Waals surface area contributed by atoms with Crippen molar-refractivity contribution in [1.82, 2.24) is 4.98 Å². The van der Waals surface area contributed by atoms with Gasteiger partial charge in [-0.2, -0.15) is 0 Å². The van der Waals surface area contributed by atoms with Crippen LogP contribution in [0.15, 0.2) is 53.9 Å². The van der Waals surface area contributed by atoms with Crippen molar-refractivity contribution >= 4 is 51.1 Å². The fourth-order valence-electron chi connectivity index (χ4n) is 1.91. The minimum Gasteiger partial charge on any atom is -0.332 e. The van der Waals surface area contributed by atoms with E-state index in [9.17, 15) is 4.39 Å². The second kappa shape index (κ2) is 7.04. The van der Waals surface area contributed by atoms with Gasteiger partial charge in [0.2, 0.25) is 0 Å². The van der Waals surface area contributed by atoms with Crippen molar-refractivity contribution in [3.63, 3.8) is 0 Å². The van der Waals surface area contributed by atoms with Crippen LogP contribution < -0.4 is 10.6 Å². The van der Waals surface area contributed by atoms with Crippen molar-refractivity contribution in [3.05, 3.63) is 64.8 Å². The van der Waals surface area contributed by atoms with Gasteiger partial charge in [0, 0.05) is 16.6 Å². The molecular weight excluding hydrogens is 353 g/mol. The van der Waals surface area contributed by atoms with Crippen molar-refractivity contribution in [2.45, 2.75) is 0 Å². The molecule has 0 radical (unpaired) electrons. The van der Waals surface area contributed by atoms with Crippen molar-refractivity contribution in [1.29, 1.82) is 0 Å². The van der Waals surface area contributed by atoms with Gasteiger partial charge in [-0.15, -0.1) is 11.3 Å². The summed E-state index contributed by atoms with van der Waals surface area (Å²) in [5.74, 6) is -0.469. The van der Waals surface area contributed by atoms with E-state index < -0.39 is 5.82 Å². The van der Waals surface area contributed by atoms with E-state index in [1.54, 1.807) is 6.07 Å². The lowest BCUT2D eigenvalue weighted by Gasteiger charge is -2.08. The Morgan fingerprint density at radius 1 is 1.13 bits per heavy atom. The normalized spacial score (nSPS) is 10.3. The third-order valence-corrected chi connectivity index (χ3v) is 4.22. The zero-order valence-electron chi connectivity index (χ0n) is 11.7. The summed E-state index contributed by atoms with van der Waals surface area (Å²) < 4.78 is 13.1. The topological polar surface area (TPSA) is 37.0 Å². The summed E-state index contributed by atoms with van der Waals surface area (Å²) >= 11 is 12.4. The molecule has 0 aliphatic rings. The van der Waals surface area contributed by atoms with E-state index >= 15 is 0 Å². The predicted octanol–water partition coefficient (Wildman–Crippen LogP) is 5.41. The quantitative estimate of drug-likeness (QED) is 0.610. The highest BCUT2D eigenvalue weighted by Gasteiger charge is 2.07. The molecule has 3 nitrogen and oxygen atoms in total. The zero-order chi connectivity index (χ0) is 16.2. The molecule has 7 heteroatoms. The summed E-state index contributed by atoms with van der Waals surface area (Å²) in [7, 11) is 0. The molecule has 0 atom stereocenters. The number of anilines is 2. The highest BCUT2D eigenvalue weighted by atomic mass is 35.5. The first-order valence-electron chi connectivity index (χ1n) is 6.66. The molecule has 0 bridgehead atoms. The summed E-state index contributed by atoms with van der Waals surface area (Å²) in [5, 5.41) is 8.98. The maximum atomic E-state index is 13.1. The molecule has 0 spiro atoms. The molecule has 0 amide bonds. The van der Waals surface area contributed by atoms with Gasteiger partial charge in [0.1, 0.15) is 5.82 Å². The number of hydrogen-bond acceptors (Lipinski definition) is 3. The van der Waals surface area contributed by atoms with E-state index in [0.29, 0.717) is 15.9 Å². The molecule has 0 saturated carbocycles. The minimum atomic E-state index is -0.469. The predicted molar refractivity (Wildman–Crippen MR) is 98.8 cm³/mol. The van der Waals surface area contributed by atoms with Gasteiger partial charge in [-0.05, 0) is 30.4 Å². The Kier molecular flexibility index (Phi) is 4.85. The lowest BCUT2D eigenvalue weighted by molar-refractivity contribution is 0.628. The molecule has 1 heterocycles. The standard InChI is InChI=1S/C16H11ClFN3S2/c17-12-8-11(6-7-13(12)18)19-15(22)21-16-20-14(9-23-16)10-4-2-1-3-5-10/h1-9H,(H2,19,20,21,22). The van der Waals surface area contributed by atoms with E-state index in [2.05, 4.69) is 15.6 Å². The Labute approximate surface area is 147 Å². The van der Waals surface area contributed by atoms with Gasteiger partial charge in [0.05, 0.1) is 10.7 Å². The van der Waals surface area contributed by atoms with E-state index in [1.807, 2.05) is 35.7 Å². The number of benzene rings is 2. The minimum absolute atomic E-state index is 0.0402. The Morgan fingerprint density at radius 2 is 1.91 bits per heavy atom. The molecular formula is C16H11ClFN3S2. The lowest BCUT2D eigenvalue weighted by Crippen LogP contribution is -2.18. The first-order valence-corrected chi connectivity index (χ1v) is 8.32. The molecule has 0 unspecified atom stereocenters. The van der Waals surface area contributed by atoms with Crippen LogP contribution in [-0.4, -0.2) is 10.1 Å². The third kappa shape index (κ3) is 4.04. The Bertz CT molecular complexity index is 836. The van der Waals surface area contributed by atoms with Gasteiger partial charge in [0.15, 0.2) is 10.2 Å². The highest BCUT2D eigenvalue weighted by molar-refractivity contribution is 7.80. The van der Waals surface area contributed by atoms with E-state index in [4.69, 9.17) is 23.8 Å². The number of halogens is 2. The SMILES string of the molecule is Fc1ccc(NC(=S)Nc2nc(-c3ccccc3)cs2)cc1Cl. The number of nitrogens with zero attached hydrogens (tertiary/aromatic N) is 1. The number of nitrogens with one attached hydrogen (secondary N) is 2. The third-order valence-electron chi connectivity index (χ3n) is 2.97. The molecule has 0 saturated heterocycles. The smallest absolute Gasteiger partial charge is 0.189 e. The van der Waals surface area contributed by atoms with Gasteiger partial charge in [0.25, 0.3) is 0 Å². The maximum Gasteiger partial charge on any atom is 0.189 e. The molecule has 0 fully saturated rings. The van der Waals surface area contributed by atoms with Crippen molar-refractivity contribution < 1.29 is 4.39 Å². The molecule has 2 aromatic carbocycles. The van der Waals surface area contributed by atoms with Crippen LogP contribution in [0, 0.1) is 5.82 Å². The average molecular weight is 364 g/mol. The van der Waals surface area contributed by atoms with Gasteiger partial charge < -0.3 is 10.6 Å². The van der Waals surface area contributed by atoms with Crippen LogP contribution in [0.4, 0.5) is 15.2 Å². The fourth-order valence-corrected chi connectivity index (χ4v) is 3.09. The second-order valence-corrected chi connectivity index (χ2v) is 6.29. The van der Waals surface area contributed by atoms with Gasteiger partial charge in [-0.1, -0.05) is 41.9 Å². The summed E-state index contributed by atoms with van der Waals surface area (Å²) in [4.78, 5) is 4.49. The first kappa shape index (κ1) is 15.9. The van der Waals surface area contributed by atoms with Crippen LogP contribution in [0.2, 0.25) is 5.02 Å². The second-order valence-electron chi connectivity index (χ2n) is 4.61. The molecule has 1 aromatic heterocycles. The number of thiocarbonyl (C=S) groups is 1. The molecule has 2 N–H and O–H groups in total. The van der Waals surface area contributed by atoms with Crippen LogP contribution >= 0.6 is 35.2 Å². The fraction of sp³-hybridized carbons (Fsp3) is 0. The van der Waals surface area contributed by atoms with Crippen molar-refractivity contribution in [3.8, 4) is 11.3 Å². The van der Waals surface area contributed by atoms with E-state index in [-0.39, 0.29) is 5.02 Å². The Morgan fingerprint density at radius 3 is 2.65 bits per heavy atom. The lowest BCUT2D eigenvalue weighted by atomic mass is 10.2. The van der Waals surface area contributed by atoms with Crippen LogP contribution in [0.1, 0.15) is 0 Å². The maximum absolute atomic E-state index is 13.1.